The molecule has 1 aromatic rings. The van der Waals surface area contributed by atoms with Crippen molar-refractivity contribution in [3.05, 3.63) is 24.2 Å². The Bertz CT molecular complexity index is 356. The van der Waals surface area contributed by atoms with Crippen LogP contribution in [-0.4, -0.2) is 11.4 Å². The molecule has 16 heavy (non-hydrogen) atoms. The van der Waals surface area contributed by atoms with Crippen LogP contribution in [0, 0.1) is 5.92 Å². The van der Waals surface area contributed by atoms with E-state index in [1.54, 1.807) is 6.26 Å². The van der Waals surface area contributed by atoms with E-state index in [2.05, 4.69) is 19.2 Å². The second-order valence-corrected chi connectivity index (χ2v) is 5.18. The average molecular weight is 221 g/mol. The minimum absolute atomic E-state index is 0.0803. The van der Waals surface area contributed by atoms with Crippen molar-refractivity contribution < 1.29 is 9.21 Å². The summed E-state index contributed by atoms with van der Waals surface area (Å²) in [5, 5.41) is 3.14. The highest BCUT2D eigenvalue weighted by atomic mass is 16.3. The van der Waals surface area contributed by atoms with E-state index in [0.29, 0.717) is 12.3 Å². The molecular formula is C13H19NO2. The van der Waals surface area contributed by atoms with Crippen LogP contribution in [0.3, 0.4) is 0 Å². The molecule has 1 aliphatic heterocycles. The largest absolute Gasteiger partial charge is 0.469 e. The summed E-state index contributed by atoms with van der Waals surface area (Å²) in [4.78, 5) is 11.4. The third-order valence-corrected chi connectivity index (χ3v) is 3.13. The van der Waals surface area contributed by atoms with Crippen molar-refractivity contribution in [2.24, 2.45) is 5.92 Å². The fourth-order valence-electron chi connectivity index (χ4n) is 2.66. The summed E-state index contributed by atoms with van der Waals surface area (Å²) in [5.74, 6) is 1.71. The number of carbonyl (C=O) groups is 1. The zero-order valence-corrected chi connectivity index (χ0v) is 9.95. The Labute approximate surface area is 96.2 Å². The molecule has 0 radical (unpaired) electrons. The van der Waals surface area contributed by atoms with Gasteiger partial charge in [0.25, 0.3) is 0 Å². The minimum Gasteiger partial charge on any atom is -0.469 e. The minimum atomic E-state index is -0.0803. The zero-order valence-electron chi connectivity index (χ0n) is 9.95. The number of carbonyl (C=O) groups excluding carboxylic acids is 1. The first-order valence-corrected chi connectivity index (χ1v) is 5.93. The van der Waals surface area contributed by atoms with Crippen LogP contribution in [0.5, 0.6) is 0 Å². The standard InChI is InChI=1S/C13H19NO2/c1-10(2)8-13(6-5-12(15)14-13)9-11-4-3-7-16-11/h3-4,7,10H,5-6,8-9H2,1-2H3,(H,14,15). The number of rotatable bonds is 4. The van der Waals surface area contributed by atoms with E-state index in [1.807, 2.05) is 12.1 Å². The molecule has 1 fully saturated rings. The van der Waals surface area contributed by atoms with Crippen LogP contribution in [0.2, 0.25) is 0 Å². The van der Waals surface area contributed by atoms with Crippen molar-refractivity contribution in [2.75, 3.05) is 0 Å². The SMILES string of the molecule is CC(C)CC1(Cc2ccco2)CCC(=O)N1. The lowest BCUT2D eigenvalue weighted by Gasteiger charge is -2.30. The van der Waals surface area contributed by atoms with Gasteiger partial charge in [-0.05, 0) is 30.9 Å². The Morgan fingerprint density at radius 3 is 2.88 bits per heavy atom. The number of hydrogen-bond acceptors (Lipinski definition) is 2. The van der Waals surface area contributed by atoms with E-state index in [-0.39, 0.29) is 11.4 Å². The van der Waals surface area contributed by atoms with Crippen LogP contribution in [0.1, 0.15) is 38.9 Å². The summed E-state index contributed by atoms with van der Waals surface area (Å²) < 4.78 is 5.39. The molecule has 3 nitrogen and oxygen atoms in total. The van der Waals surface area contributed by atoms with Crippen molar-refractivity contribution in [1.29, 1.82) is 0 Å². The maximum Gasteiger partial charge on any atom is 0.220 e. The van der Waals surface area contributed by atoms with Gasteiger partial charge >= 0.3 is 0 Å². The maximum atomic E-state index is 11.4. The van der Waals surface area contributed by atoms with Crippen molar-refractivity contribution in [1.82, 2.24) is 5.32 Å². The molecule has 1 saturated heterocycles. The second kappa shape index (κ2) is 4.32. The topological polar surface area (TPSA) is 42.2 Å². The molecule has 0 saturated carbocycles. The van der Waals surface area contributed by atoms with Crippen molar-refractivity contribution in [3.63, 3.8) is 0 Å². The highest BCUT2D eigenvalue weighted by Crippen LogP contribution is 2.31. The molecule has 2 rings (SSSR count). The van der Waals surface area contributed by atoms with Gasteiger partial charge in [0, 0.05) is 18.4 Å². The molecule has 0 bridgehead atoms. The van der Waals surface area contributed by atoms with Crippen molar-refractivity contribution >= 4 is 5.91 Å². The molecule has 0 aromatic carbocycles. The summed E-state index contributed by atoms with van der Waals surface area (Å²) >= 11 is 0. The van der Waals surface area contributed by atoms with E-state index >= 15 is 0 Å². The normalized spacial score (nSPS) is 25.1. The lowest BCUT2D eigenvalue weighted by atomic mass is 9.84. The first kappa shape index (κ1) is 11.2. The van der Waals surface area contributed by atoms with Gasteiger partial charge in [0.1, 0.15) is 5.76 Å². The highest BCUT2D eigenvalue weighted by molar-refractivity contribution is 5.79. The van der Waals surface area contributed by atoms with Gasteiger partial charge in [-0.25, -0.2) is 0 Å². The van der Waals surface area contributed by atoms with E-state index < -0.39 is 0 Å². The lowest BCUT2D eigenvalue weighted by Crippen LogP contribution is -2.44. The van der Waals surface area contributed by atoms with Gasteiger partial charge in [0.05, 0.1) is 6.26 Å². The number of hydrogen-bond donors (Lipinski definition) is 1. The van der Waals surface area contributed by atoms with Gasteiger partial charge in [-0.1, -0.05) is 13.8 Å². The molecule has 1 aromatic heterocycles. The van der Waals surface area contributed by atoms with Gasteiger partial charge in [-0.15, -0.1) is 0 Å². The van der Waals surface area contributed by atoms with Crippen LogP contribution in [0.25, 0.3) is 0 Å². The van der Waals surface area contributed by atoms with Crippen LogP contribution < -0.4 is 5.32 Å². The predicted molar refractivity (Wildman–Crippen MR) is 62.0 cm³/mol. The Morgan fingerprint density at radius 1 is 1.56 bits per heavy atom. The van der Waals surface area contributed by atoms with E-state index in [1.165, 1.54) is 0 Å². The summed E-state index contributed by atoms with van der Waals surface area (Å²) in [5.41, 5.74) is -0.0803. The number of amides is 1. The van der Waals surface area contributed by atoms with E-state index in [0.717, 1.165) is 25.0 Å². The molecule has 88 valence electrons. The summed E-state index contributed by atoms with van der Waals surface area (Å²) in [7, 11) is 0. The molecule has 1 aliphatic rings. The smallest absolute Gasteiger partial charge is 0.220 e. The summed E-state index contributed by atoms with van der Waals surface area (Å²) in [6.07, 6.45) is 5.08. The Kier molecular flexibility index (Phi) is 3.03. The maximum absolute atomic E-state index is 11.4. The number of furan rings is 1. The van der Waals surface area contributed by atoms with Gasteiger partial charge in [0.2, 0.25) is 5.91 Å². The van der Waals surface area contributed by atoms with Crippen LogP contribution in [0.15, 0.2) is 22.8 Å². The third-order valence-electron chi connectivity index (χ3n) is 3.13. The van der Waals surface area contributed by atoms with Crippen LogP contribution in [-0.2, 0) is 11.2 Å². The quantitative estimate of drug-likeness (QED) is 0.848. The molecular weight excluding hydrogens is 202 g/mol. The van der Waals surface area contributed by atoms with Gasteiger partial charge in [0.15, 0.2) is 0 Å². The molecule has 1 unspecified atom stereocenters. The highest BCUT2D eigenvalue weighted by Gasteiger charge is 2.38. The fourth-order valence-corrected chi connectivity index (χ4v) is 2.66. The van der Waals surface area contributed by atoms with Gasteiger partial charge < -0.3 is 9.73 Å². The Hall–Kier alpha value is -1.25. The zero-order chi connectivity index (χ0) is 11.6. The Morgan fingerprint density at radius 2 is 2.38 bits per heavy atom. The molecule has 0 spiro atoms. The van der Waals surface area contributed by atoms with Crippen LogP contribution in [0.4, 0.5) is 0 Å². The molecule has 1 atom stereocenters. The average Bonchev–Trinajstić information content (AvgIpc) is 2.76. The third kappa shape index (κ3) is 2.46. The second-order valence-electron chi connectivity index (χ2n) is 5.18. The molecule has 0 aliphatic carbocycles. The Balaban J connectivity index is 2.11. The van der Waals surface area contributed by atoms with Crippen LogP contribution >= 0.6 is 0 Å². The fraction of sp³-hybridized carbons (Fsp3) is 0.615. The van der Waals surface area contributed by atoms with Gasteiger partial charge in [-0.2, -0.15) is 0 Å². The first-order valence-electron chi connectivity index (χ1n) is 5.93. The summed E-state index contributed by atoms with van der Waals surface area (Å²) in [6, 6.07) is 3.88. The van der Waals surface area contributed by atoms with E-state index in [4.69, 9.17) is 4.42 Å². The molecule has 1 N–H and O–H groups in total. The monoisotopic (exact) mass is 221 g/mol. The first-order chi connectivity index (χ1) is 7.60. The number of nitrogens with one attached hydrogen (secondary N) is 1. The summed E-state index contributed by atoms with van der Waals surface area (Å²) in [6.45, 7) is 4.38. The lowest BCUT2D eigenvalue weighted by molar-refractivity contribution is -0.119. The van der Waals surface area contributed by atoms with Crippen molar-refractivity contribution in [2.45, 2.75) is 45.1 Å². The molecule has 2 heterocycles. The van der Waals surface area contributed by atoms with Crippen molar-refractivity contribution in [3.8, 4) is 0 Å². The van der Waals surface area contributed by atoms with Gasteiger partial charge in [-0.3, -0.25) is 4.79 Å². The molecule has 3 heteroatoms. The predicted octanol–water partition coefficient (Wildman–Crippen LogP) is 2.52. The molecule has 1 amide bonds. The van der Waals surface area contributed by atoms with E-state index in [9.17, 15) is 4.79 Å².